The van der Waals surface area contributed by atoms with Crippen molar-refractivity contribution in [2.45, 2.75) is 13.0 Å². The molecule has 0 aromatic carbocycles. The molecule has 0 atom stereocenters. The molecule has 4 nitrogen and oxygen atoms in total. The average Bonchev–Trinajstić information content (AvgIpc) is 2.17. The molecule has 3 N–H and O–H groups in total. The van der Waals surface area contributed by atoms with Crippen molar-refractivity contribution < 1.29 is 13.9 Å². The Balaban J connectivity index is 3.34. The van der Waals surface area contributed by atoms with Gasteiger partial charge in [0.2, 0.25) is 0 Å². The predicted molar refractivity (Wildman–Crippen MR) is 43.5 cm³/mol. The van der Waals surface area contributed by atoms with E-state index in [1.54, 1.807) is 6.07 Å². The fraction of sp³-hybridized carbons (Fsp3) is 0.250. The van der Waals surface area contributed by atoms with Crippen LogP contribution in [-0.2, 0) is 6.54 Å². The first-order chi connectivity index (χ1) is 6.60. The second-order valence-corrected chi connectivity index (χ2v) is 2.51. The van der Waals surface area contributed by atoms with Crippen LogP contribution >= 0.6 is 0 Å². The van der Waals surface area contributed by atoms with Crippen molar-refractivity contribution in [1.82, 2.24) is 4.98 Å². The van der Waals surface area contributed by atoms with Gasteiger partial charge in [0.05, 0.1) is 11.3 Å². The average molecular weight is 199 g/mol. The summed E-state index contributed by atoms with van der Waals surface area (Å²) in [7, 11) is 0. The van der Waals surface area contributed by atoms with E-state index in [-0.39, 0.29) is 17.8 Å². The first-order valence-corrected chi connectivity index (χ1v) is 3.71. The zero-order valence-corrected chi connectivity index (χ0v) is 7.04. The van der Waals surface area contributed by atoms with E-state index in [2.05, 4.69) is 4.98 Å². The lowest BCUT2D eigenvalue weighted by Crippen LogP contribution is -2.04. The summed E-state index contributed by atoms with van der Waals surface area (Å²) >= 11 is 0. The molecule has 0 aliphatic heterocycles. The van der Waals surface area contributed by atoms with E-state index in [9.17, 15) is 13.9 Å². The lowest BCUT2D eigenvalue weighted by Gasteiger charge is -2.05. The topological polar surface area (TPSA) is 82.9 Å². The molecule has 74 valence electrons. The van der Waals surface area contributed by atoms with Gasteiger partial charge in [-0.25, -0.2) is 13.8 Å². The molecule has 1 rings (SSSR count). The number of aromatic nitrogens is 1. The third kappa shape index (κ3) is 1.78. The number of nitrogens with zero attached hydrogens (tertiary/aromatic N) is 2. The van der Waals surface area contributed by atoms with Crippen LogP contribution in [0.15, 0.2) is 6.07 Å². The largest absolute Gasteiger partial charge is 0.505 e. The van der Waals surface area contributed by atoms with E-state index in [0.717, 1.165) is 6.07 Å². The summed E-state index contributed by atoms with van der Waals surface area (Å²) in [5.41, 5.74) is 4.27. The lowest BCUT2D eigenvalue weighted by molar-refractivity contribution is 0.145. The zero-order valence-electron chi connectivity index (χ0n) is 7.04. The fourth-order valence-corrected chi connectivity index (χ4v) is 0.952. The second-order valence-electron chi connectivity index (χ2n) is 2.51. The highest BCUT2D eigenvalue weighted by molar-refractivity contribution is 5.45. The van der Waals surface area contributed by atoms with Crippen LogP contribution in [0.4, 0.5) is 8.78 Å². The molecule has 0 aliphatic rings. The van der Waals surface area contributed by atoms with Gasteiger partial charge in [-0.05, 0) is 6.07 Å². The molecule has 0 saturated heterocycles. The third-order valence-corrected chi connectivity index (χ3v) is 1.62. The molecule has 0 amide bonds. The van der Waals surface area contributed by atoms with Crippen LogP contribution in [-0.4, -0.2) is 10.1 Å². The van der Waals surface area contributed by atoms with Gasteiger partial charge in [-0.15, -0.1) is 0 Å². The molecule has 0 aliphatic carbocycles. The van der Waals surface area contributed by atoms with Gasteiger partial charge in [0.25, 0.3) is 6.43 Å². The van der Waals surface area contributed by atoms with E-state index >= 15 is 0 Å². The van der Waals surface area contributed by atoms with E-state index in [0.29, 0.717) is 0 Å². The van der Waals surface area contributed by atoms with Crippen LogP contribution in [0.2, 0.25) is 0 Å². The summed E-state index contributed by atoms with van der Waals surface area (Å²) in [4.78, 5) is 3.42. The Hall–Kier alpha value is -1.74. The Bertz CT molecular complexity index is 387. The highest BCUT2D eigenvalue weighted by atomic mass is 19.3. The van der Waals surface area contributed by atoms with Crippen molar-refractivity contribution in [3.8, 4) is 11.8 Å². The van der Waals surface area contributed by atoms with Crippen molar-refractivity contribution >= 4 is 0 Å². The Morgan fingerprint density at radius 3 is 2.71 bits per heavy atom. The molecule has 1 heterocycles. The lowest BCUT2D eigenvalue weighted by atomic mass is 10.2. The molecule has 0 saturated carbocycles. The number of aromatic hydroxyl groups is 1. The van der Waals surface area contributed by atoms with Crippen LogP contribution in [0.5, 0.6) is 5.75 Å². The number of rotatable bonds is 2. The smallest absolute Gasteiger partial charge is 0.280 e. The van der Waals surface area contributed by atoms with E-state index in [4.69, 9.17) is 11.0 Å². The Labute approximate surface area is 78.6 Å². The third-order valence-electron chi connectivity index (χ3n) is 1.62. The normalized spacial score (nSPS) is 10.2. The summed E-state index contributed by atoms with van der Waals surface area (Å²) in [5, 5.41) is 17.8. The van der Waals surface area contributed by atoms with Gasteiger partial charge >= 0.3 is 0 Å². The van der Waals surface area contributed by atoms with Gasteiger partial charge in [-0.3, -0.25) is 0 Å². The molecule has 0 bridgehead atoms. The fourth-order valence-electron chi connectivity index (χ4n) is 0.952. The van der Waals surface area contributed by atoms with Crippen LogP contribution in [0.1, 0.15) is 23.4 Å². The maximum atomic E-state index is 12.2. The molecule has 0 spiro atoms. The number of hydrogen-bond donors (Lipinski definition) is 2. The minimum atomic E-state index is -2.78. The molecule has 1 aromatic heterocycles. The number of nitrogens with two attached hydrogens (primary N) is 1. The molecule has 0 radical (unpaired) electrons. The summed E-state index contributed by atoms with van der Waals surface area (Å²) in [6.45, 7) is -0.193. The van der Waals surface area contributed by atoms with Crippen molar-refractivity contribution in [2.75, 3.05) is 0 Å². The maximum Gasteiger partial charge on any atom is 0.280 e. The number of pyridine rings is 1. The van der Waals surface area contributed by atoms with Crippen molar-refractivity contribution in [3.63, 3.8) is 0 Å². The number of nitriles is 1. The molecule has 0 fully saturated rings. The van der Waals surface area contributed by atoms with Crippen LogP contribution in [0.3, 0.4) is 0 Å². The summed E-state index contributed by atoms with van der Waals surface area (Å²) in [6.07, 6.45) is -2.78. The number of halogens is 2. The predicted octanol–water partition coefficient (Wildman–Crippen LogP) is 1.06. The van der Waals surface area contributed by atoms with Gasteiger partial charge in [-0.1, -0.05) is 0 Å². The number of alkyl halides is 2. The van der Waals surface area contributed by atoms with Crippen molar-refractivity contribution in [2.24, 2.45) is 5.73 Å². The number of hydrogen-bond acceptors (Lipinski definition) is 4. The van der Waals surface area contributed by atoms with E-state index in [1.807, 2.05) is 0 Å². The molecule has 14 heavy (non-hydrogen) atoms. The maximum absolute atomic E-state index is 12.2. The SMILES string of the molecule is N#Cc1cc(C(F)F)nc(CN)c1O. The first-order valence-electron chi connectivity index (χ1n) is 3.71. The molecular weight excluding hydrogens is 192 g/mol. The quantitative estimate of drug-likeness (QED) is 0.745. The minimum absolute atomic E-state index is 0.0978. The van der Waals surface area contributed by atoms with Crippen molar-refractivity contribution in [3.05, 3.63) is 23.0 Å². The molecule has 1 aromatic rings. The van der Waals surface area contributed by atoms with E-state index < -0.39 is 17.9 Å². The first kappa shape index (κ1) is 10.3. The highest BCUT2D eigenvalue weighted by Crippen LogP contribution is 2.25. The van der Waals surface area contributed by atoms with E-state index in [1.165, 1.54) is 0 Å². The zero-order chi connectivity index (χ0) is 10.7. The Morgan fingerprint density at radius 2 is 2.29 bits per heavy atom. The highest BCUT2D eigenvalue weighted by Gasteiger charge is 2.15. The Kier molecular flexibility index (Phi) is 2.94. The standard InChI is InChI=1S/C8H7F2N3O/c9-8(10)5-1-4(2-11)7(14)6(3-12)13-5/h1,8,14H,3,12H2. The molecule has 0 unspecified atom stereocenters. The monoisotopic (exact) mass is 199 g/mol. The minimum Gasteiger partial charge on any atom is -0.505 e. The summed E-state index contributed by atoms with van der Waals surface area (Å²) in [6, 6.07) is 2.43. The Morgan fingerprint density at radius 1 is 1.64 bits per heavy atom. The van der Waals surface area contributed by atoms with Crippen molar-refractivity contribution in [1.29, 1.82) is 5.26 Å². The van der Waals surface area contributed by atoms with Gasteiger partial charge in [0.15, 0.2) is 5.75 Å². The second kappa shape index (κ2) is 3.98. The van der Waals surface area contributed by atoms with Crippen LogP contribution in [0.25, 0.3) is 0 Å². The van der Waals surface area contributed by atoms with Crippen LogP contribution in [0, 0.1) is 11.3 Å². The van der Waals surface area contributed by atoms with Gasteiger partial charge in [0.1, 0.15) is 11.8 Å². The molecular formula is C8H7F2N3O. The van der Waals surface area contributed by atoms with Gasteiger partial charge in [-0.2, -0.15) is 5.26 Å². The summed E-state index contributed by atoms with van der Waals surface area (Å²) in [5.74, 6) is -0.431. The molecule has 6 heteroatoms. The van der Waals surface area contributed by atoms with Gasteiger partial charge in [0, 0.05) is 6.54 Å². The van der Waals surface area contributed by atoms with Gasteiger partial charge < -0.3 is 10.8 Å². The summed E-state index contributed by atoms with van der Waals surface area (Å²) < 4.78 is 24.5. The van der Waals surface area contributed by atoms with Crippen LogP contribution < -0.4 is 5.73 Å².